The highest BCUT2D eigenvalue weighted by Crippen LogP contribution is 2.34. The summed E-state index contributed by atoms with van der Waals surface area (Å²) in [6.45, 7) is 0. The molecule has 6 nitrogen and oxygen atoms in total. The molecule has 2 aliphatic rings. The highest BCUT2D eigenvalue weighted by Gasteiger charge is 2.25. The van der Waals surface area contributed by atoms with Crippen molar-refractivity contribution >= 4 is 5.82 Å². The van der Waals surface area contributed by atoms with Gasteiger partial charge >= 0.3 is 0 Å². The van der Waals surface area contributed by atoms with E-state index in [0.717, 1.165) is 17.2 Å². The van der Waals surface area contributed by atoms with E-state index in [4.69, 9.17) is 0 Å². The number of aromatic amines is 1. The molecule has 0 aromatic carbocycles. The van der Waals surface area contributed by atoms with E-state index in [9.17, 15) is 0 Å². The predicted molar refractivity (Wildman–Crippen MR) is 90.2 cm³/mol. The minimum atomic E-state index is 0.485. The quantitative estimate of drug-likeness (QED) is 0.897. The average Bonchev–Trinajstić information content (AvgIpc) is 3.26. The van der Waals surface area contributed by atoms with Crippen LogP contribution < -0.4 is 5.32 Å². The van der Waals surface area contributed by atoms with Gasteiger partial charge in [0.05, 0.1) is 11.7 Å². The monoisotopic (exact) mass is 314 g/mol. The van der Waals surface area contributed by atoms with Crippen LogP contribution in [-0.4, -0.2) is 31.2 Å². The first kappa shape index (κ1) is 14.7. The van der Waals surface area contributed by atoms with Crippen LogP contribution in [0, 0.1) is 0 Å². The van der Waals surface area contributed by atoms with Gasteiger partial charge in [-0.2, -0.15) is 5.10 Å². The Kier molecular flexibility index (Phi) is 4.30. The van der Waals surface area contributed by atoms with Crippen LogP contribution in [0.25, 0.3) is 11.4 Å². The van der Waals surface area contributed by atoms with Gasteiger partial charge in [-0.3, -0.25) is 5.10 Å². The number of anilines is 1. The first-order chi connectivity index (χ1) is 11.4. The van der Waals surface area contributed by atoms with E-state index in [1.54, 1.807) is 6.20 Å². The molecule has 2 aromatic rings. The van der Waals surface area contributed by atoms with Crippen LogP contribution in [0.4, 0.5) is 5.82 Å². The molecule has 0 radical (unpaired) electrons. The zero-order valence-electron chi connectivity index (χ0n) is 13.7. The fraction of sp³-hybridized carbons (Fsp3) is 0.706. The highest BCUT2D eigenvalue weighted by molar-refractivity contribution is 5.68. The van der Waals surface area contributed by atoms with Gasteiger partial charge in [0.1, 0.15) is 0 Å². The van der Waals surface area contributed by atoms with Gasteiger partial charge in [-0.05, 0) is 31.7 Å². The predicted octanol–water partition coefficient (Wildman–Crippen LogP) is 3.92. The van der Waals surface area contributed by atoms with Crippen LogP contribution in [0.5, 0.6) is 0 Å². The Morgan fingerprint density at radius 1 is 1.00 bits per heavy atom. The number of rotatable bonds is 4. The SMILES string of the molecule is c1cc(-c2nnn(C3CCCCC3)c2NC2CCCCC2)[nH]n1. The molecule has 0 unspecified atom stereocenters. The summed E-state index contributed by atoms with van der Waals surface area (Å²) in [5.74, 6) is 1.09. The van der Waals surface area contributed by atoms with E-state index in [2.05, 4.69) is 30.5 Å². The Balaban J connectivity index is 1.64. The maximum atomic E-state index is 4.52. The number of hydrogen-bond donors (Lipinski definition) is 2. The summed E-state index contributed by atoms with van der Waals surface area (Å²) in [5.41, 5.74) is 1.86. The highest BCUT2D eigenvalue weighted by atomic mass is 15.5. The van der Waals surface area contributed by atoms with Gasteiger partial charge < -0.3 is 5.32 Å². The summed E-state index contributed by atoms with van der Waals surface area (Å²) < 4.78 is 2.16. The Bertz CT molecular complexity index is 605. The van der Waals surface area contributed by atoms with Crippen molar-refractivity contribution in [3.63, 3.8) is 0 Å². The lowest BCUT2D eigenvalue weighted by Crippen LogP contribution is -2.26. The second-order valence-electron chi connectivity index (χ2n) is 6.97. The van der Waals surface area contributed by atoms with E-state index < -0.39 is 0 Å². The van der Waals surface area contributed by atoms with Crippen LogP contribution in [-0.2, 0) is 0 Å². The van der Waals surface area contributed by atoms with Crippen LogP contribution >= 0.6 is 0 Å². The molecule has 0 spiro atoms. The number of hydrogen-bond acceptors (Lipinski definition) is 4. The molecule has 4 rings (SSSR count). The third-order valence-electron chi connectivity index (χ3n) is 5.32. The van der Waals surface area contributed by atoms with E-state index in [-0.39, 0.29) is 0 Å². The lowest BCUT2D eigenvalue weighted by atomic mass is 9.94. The third-order valence-corrected chi connectivity index (χ3v) is 5.32. The summed E-state index contributed by atoms with van der Waals surface area (Å²) in [4.78, 5) is 0. The molecule has 2 fully saturated rings. The molecule has 0 aliphatic heterocycles. The maximum absolute atomic E-state index is 4.52. The smallest absolute Gasteiger partial charge is 0.155 e. The molecular weight excluding hydrogens is 288 g/mol. The molecule has 6 heteroatoms. The molecule has 0 amide bonds. The van der Waals surface area contributed by atoms with Crippen molar-refractivity contribution in [1.82, 2.24) is 25.2 Å². The first-order valence-corrected chi connectivity index (χ1v) is 9.13. The van der Waals surface area contributed by atoms with Crippen molar-refractivity contribution in [1.29, 1.82) is 0 Å². The van der Waals surface area contributed by atoms with Crippen molar-refractivity contribution in [2.45, 2.75) is 76.3 Å². The van der Waals surface area contributed by atoms with Crippen LogP contribution in [0.1, 0.15) is 70.3 Å². The fourth-order valence-electron chi connectivity index (χ4n) is 4.02. The molecule has 0 bridgehead atoms. The summed E-state index contributed by atoms with van der Waals surface area (Å²) in [6, 6.07) is 3.01. The lowest BCUT2D eigenvalue weighted by molar-refractivity contribution is 0.325. The first-order valence-electron chi connectivity index (χ1n) is 9.13. The molecule has 0 atom stereocenters. The van der Waals surface area contributed by atoms with Crippen LogP contribution in [0.2, 0.25) is 0 Å². The van der Waals surface area contributed by atoms with E-state index in [1.807, 2.05) is 6.07 Å². The summed E-state index contributed by atoms with van der Waals surface area (Å²) >= 11 is 0. The minimum absolute atomic E-state index is 0.485. The minimum Gasteiger partial charge on any atom is -0.366 e. The number of nitrogens with one attached hydrogen (secondary N) is 2. The zero-order chi connectivity index (χ0) is 15.5. The Morgan fingerprint density at radius 2 is 1.74 bits per heavy atom. The molecule has 0 saturated heterocycles. The molecule has 2 aromatic heterocycles. The summed E-state index contributed by atoms with van der Waals surface area (Å²) in [6.07, 6.45) is 14.7. The largest absolute Gasteiger partial charge is 0.366 e. The number of nitrogens with zero attached hydrogens (tertiary/aromatic N) is 4. The van der Waals surface area contributed by atoms with E-state index >= 15 is 0 Å². The molecule has 2 aliphatic carbocycles. The fourth-order valence-corrected chi connectivity index (χ4v) is 4.02. The van der Waals surface area contributed by atoms with Gasteiger partial charge in [-0.25, -0.2) is 4.68 Å². The lowest BCUT2D eigenvalue weighted by Gasteiger charge is -2.27. The van der Waals surface area contributed by atoms with Crippen LogP contribution in [0.15, 0.2) is 12.3 Å². The van der Waals surface area contributed by atoms with Crippen molar-refractivity contribution in [3.8, 4) is 11.4 Å². The van der Waals surface area contributed by atoms with Gasteiger partial charge in [-0.1, -0.05) is 43.7 Å². The summed E-state index contributed by atoms with van der Waals surface area (Å²) in [5, 5.41) is 19.9. The van der Waals surface area contributed by atoms with Gasteiger partial charge in [0, 0.05) is 12.2 Å². The number of aromatic nitrogens is 5. The van der Waals surface area contributed by atoms with Gasteiger partial charge in [0.25, 0.3) is 0 Å². The topological polar surface area (TPSA) is 71.4 Å². The Morgan fingerprint density at radius 3 is 2.43 bits per heavy atom. The normalized spacial score (nSPS) is 20.7. The van der Waals surface area contributed by atoms with Gasteiger partial charge in [0.15, 0.2) is 11.5 Å². The van der Waals surface area contributed by atoms with Crippen molar-refractivity contribution < 1.29 is 0 Å². The molecule has 2 saturated carbocycles. The van der Waals surface area contributed by atoms with Gasteiger partial charge in [0.2, 0.25) is 0 Å². The molecule has 124 valence electrons. The van der Waals surface area contributed by atoms with Crippen LogP contribution in [0.3, 0.4) is 0 Å². The average molecular weight is 314 g/mol. The molecular formula is C17H26N6. The molecule has 23 heavy (non-hydrogen) atoms. The molecule has 2 N–H and O–H groups in total. The zero-order valence-corrected chi connectivity index (χ0v) is 13.7. The second-order valence-corrected chi connectivity index (χ2v) is 6.97. The van der Waals surface area contributed by atoms with Crippen molar-refractivity contribution in [2.24, 2.45) is 0 Å². The summed E-state index contributed by atoms with van der Waals surface area (Å²) in [7, 11) is 0. The Hall–Kier alpha value is -1.85. The van der Waals surface area contributed by atoms with E-state index in [1.165, 1.54) is 64.2 Å². The molecule has 2 heterocycles. The van der Waals surface area contributed by atoms with Crippen molar-refractivity contribution in [3.05, 3.63) is 12.3 Å². The third kappa shape index (κ3) is 3.12. The van der Waals surface area contributed by atoms with Crippen molar-refractivity contribution in [2.75, 3.05) is 5.32 Å². The van der Waals surface area contributed by atoms with E-state index in [0.29, 0.717) is 12.1 Å². The Labute approximate surface area is 137 Å². The van der Waals surface area contributed by atoms with Gasteiger partial charge in [-0.15, -0.1) is 5.10 Å². The second kappa shape index (κ2) is 6.72. The maximum Gasteiger partial charge on any atom is 0.155 e. The standard InChI is InChI=1S/C17H26N6/c1-3-7-13(8-4-1)19-17-16(15-11-12-18-20-15)21-22-23(17)14-9-5-2-6-10-14/h11-14,19H,1-10H2,(H,18,20). The number of H-pyrrole nitrogens is 1.